The summed E-state index contributed by atoms with van der Waals surface area (Å²) in [7, 11) is 1.62. The van der Waals surface area contributed by atoms with E-state index in [0.717, 1.165) is 11.1 Å². The molecule has 1 aromatic carbocycles. The zero-order valence-electron chi connectivity index (χ0n) is 15.3. The molecule has 6 nitrogen and oxygen atoms in total. The number of rotatable bonds is 6. The molecular formula is C19H27N3O3. The molecule has 1 N–H and O–H groups in total. The summed E-state index contributed by atoms with van der Waals surface area (Å²) in [5.74, 6) is 0.0185. The van der Waals surface area contributed by atoms with Crippen molar-refractivity contribution in [2.24, 2.45) is 0 Å². The molecule has 25 heavy (non-hydrogen) atoms. The number of hydrogen-bond donors (Lipinski definition) is 1. The smallest absolute Gasteiger partial charge is 0.233 e. The first kappa shape index (κ1) is 19.1. The highest BCUT2D eigenvalue weighted by Gasteiger charge is 2.22. The average Bonchev–Trinajstić information content (AvgIpc) is 2.61. The van der Waals surface area contributed by atoms with E-state index in [-0.39, 0.29) is 30.4 Å². The van der Waals surface area contributed by atoms with Crippen LogP contribution in [0.5, 0.6) is 0 Å². The molecule has 2 amide bonds. The summed E-state index contributed by atoms with van der Waals surface area (Å²) in [5, 5.41) is 2.60. The predicted molar refractivity (Wildman–Crippen MR) is 96.6 cm³/mol. The van der Waals surface area contributed by atoms with Gasteiger partial charge in [0.15, 0.2) is 5.78 Å². The number of benzene rings is 1. The van der Waals surface area contributed by atoms with Gasteiger partial charge in [-0.3, -0.25) is 19.3 Å². The number of piperazine rings is 1. The van der Waals surface area contributed by atoms with Crippen molar-refractivity contribution in [3.05, 3.63) is 34.9 Å². The van der Waals surface area contributed by atoms with Crippen LogP contribution in [0.15, 0.2) is 18.2 Å². The molecule has 6 heteroatoms. The summed E-state index contributed by atoms with van der Waals surface area (Å²) in [6, 6.07) is 5.81. The van der Waals surface area contributed by atoms with E-state index in [1.54, 1.807) is 11.9 Å². The van der Waals surface area contributed by atoms with Gasteiger partial charge in [-0.05, 0) is 25.5 Å². The molecular weight excluding hydrogens is 318 g/mol. The third kappa shape index (κ3) is 5.39. The van der Waals surface area contributed by atoms with Crippen LogP contribution in [0.3, 0.4) is 0 Å². The van der Waals surface area contributed by atoms with Crippen molar-refractivity contribution in [3.8, 4) is 0 Å². The zero-order chi connectivity index (χ0) is 18.4. The molecule has 2 rings (SSSR count). The van der Waals surface area contributed by atoms with E-state index >= 15 is 0 Å². The molecule has 1 saturated heterocycles. The van der Waals surface area contributed by atoms with E-state index in [1.165, 1.54) is 0 Å². The summed E-state index contributed by atoms with van der Waals surface area (Å²) >= 11 is 0. The third-order valence-corrected chi connectivity index (χ3v) is 4.63. The lowest BCUT2D eigenvalue weighted by Gasteiger charge is -2.34. The highest BCUT2D eigenvalue weighted by Crippen LogP contribution is 2.15. The number of aryl methyl sites for hydroxylation is 2. The van der Waals surface area contributed by atoms with Crippen molar-refractivity contribution in [3.63, 3.8) is 0 Å². The lowest BCUT2D eigenvalue weighted by atomic mass is 9.99. The second-order valence-electron chi connectivity index (χ2n) is 6.57. The summed E-state index contributed by atoms with van der Waals surface area (Å²) in [5.41, 5.74) is 2.71. The van der Waals surface area contributed by atoms with Crippen molar-refractivity contribution in [1.82, 2.24) is 15.1 Å². The number of likely N-dealkylation sites (N-methyl/N-ethyl adjacent to an activating group) is 1. The Labute approximate surface area is 149 Å². The second kappa shape index (κ2) is 8.76. The lowest BCUT2D eigenvalue weighted by Crippen LogP contribution is -2.50. The molecule has 0 saturated carbocycles. The van der Waals surface area contributed by atoms with Crippen LogP contribution in [0.1, 0.15) is 34.3 Å². The van der Waals surface area contributed by atoms with Crippen LogP contribution in [0, 0.1) is 13.8 Å². The number of amides is 2. The van der Waals surface area contributed by atoms with Crippen LogP contribution < -0.4 is 5.32 Å². The fourth-order valence-corrected chi connectivity index (χ4v) is 2.99. The fourth-order valence-electron chi connectivity index (χ4n) is 2.99. The molecule has 1 fully saturated rings. The van der Waals surface area contributed by atoms with Gasteiger partial charge in [0.25, 0.3) is 0 Å². The number of hydrogen-bond acceptors (Lipinski definition) is 4. The van der Waals surface area contributed by atoms with Gasteiger partial charge in [0, 0.05) is 51.6 Å². The molecule has 0 aliphatic carbocycles. The Bertz CT molecular complexity index is 649. The van der Waals surface area contributed by atoms with Crippen molar-refractivity contribution in [1.29, 1.82) is 0 Å². The van der Waals surface area contributed by atoms with E-state index in [4.69, 9.17) is 0 Å². The Morgan fingerprint density at radius 2 is 1.72 bits per heavy atom. The maximum absolute atomic E-state index is 12.4. The van der Waals surface area contributed by atoms with Crippen LogP contribution in [0.2, 0.25) is 0 Å². The van der Waals surface area contributed by atoms with Crippen molar-refractivity contribution in [2.75, 3.05) is 39.8 Å². The highest BCUT2D eigenvalue weighted by molar-refractivity contribution is 5.99. The molecule has 1 aromatic rings. The molecule has 0 unspecified atom stereocenters. The SMILES string of the molecule is CNC(=O)CN1CCN(C(=O)CCC(=O)c2cc(C)ccc2C)CC1. The number of nitrogens with one attached hydrogen (secondary N) is 1. The quantitative estimate of drug-likeness (QED) is 0.786. The van der Waals surface area contributed by atoms with Gasteiger partial charge >= 0.3 is 0 Å². The number of nitrogens with zero attached hydrogens (tertiary/aromatic N) is 2. The summed E-state index contributed by atoms with van der Waals surface area (Å²) in [6.07, 6.45) is 0.475. The van der Waals surface area contributed by atoms with Gasteiger partial charge < -0.3 is 10.2 Å². The molecule has 0 aromatic heterocycles. The normalized spacial score (nSPS) is 15.1. The molecule has 136 valence electrons. The van der Waals surface area contributed by atoms with Crippen LogP contribution in [-0.4, -0.2) is 67.2 Å². The molecule has 1 aliphatic rings. The second-order valence-corrected chi connectivity index (χ2v) is 6.57. The minimum atomic E-state index is -0.0149. The topological polar surface area (TPSA) is 69.7 Å². The predicted octanol–water partition coefficient (Wildman–Crippen LogP) is 1.16. The van der Waals surface area contributed by atoms with E-state index in [9.17, 15) is 14.4 Å². The number of ketones is 1. The first-order chi connectivity index (χ1) is 11.9. The molecule has 1 aliphatic heterocycles. The van der Waals surface area contributed by atoms with E-state index in [1.807, 2.05) is 36.9 Å². The summed E-state index contributed by atoms with van der Waals surface area (Å²) < 4.78 is 0. The van der Waals surface area contributed by atoms with Crippen LogP contribution in [0.25, 0.3) is 0 Å². The van der Waals surface area contributed by atoms with Crippen molar-refractivity contribution < 1.29 is 14.4 Å². The van der Waals surface area contributed by atoms with Crippen molar-refractivity contribution >= 4 is 17.6 Å². The fraction of sp³-hybridized carbons (Fsp3) is 0.526. The number of carbonyl (C=O) groups excluding carboxylic acids is 3. The van der Waals surface area contributed by atoms with Gasteiger partial charge in [0.05, 0.1) is 6.54 Å². The van der Waals surface area contributed by atoms with E-state index in [0.29, 0.717) is 38.3 Å². The minimum Gasteiger partial charge on any atom is -0.358 e. The molecule has 0 radical (unpaired) electrons. The van der Waals surface area contributed by atoms with Crippen molar-refractivity contribution in [2.45, 2.75) is 26.7 Å². The van der Waals surface area contributed by atoms with Gasteiger partial charge in [-0.25, -0.2) is 0 Å². The van der Waals surface area contributed by atoms with Gasteiger partial charge in [0.1, 0.15) is 0 Å². The van der Waals surface area contributed by atoms with Crippen LogP contribution >= 0.6 is 0 Å². The van der Waals surface area contributed by atoms with Gasteiger partial charge in [0.2, 0.25) is 11.8 Å². The number of Topliss-reactive ketones (excluding diaryl/α,β-unsaturated/α-hetero) is 1. The maximum atomic E-state index is 12.4. The Hall–Kier alpha value is -2.21. The molecule has 1 heterocycles. The van der Waals surface area contributed by atoms with Crippen LogP contribution in [-0.2, 0) is 9.59 Å². The summed E-state index contributed by atoms with van der Waals surface area (Å²) in [6.45, 7) is 6.82. The molecule has 0 bridgehead atoms. The third-order valence-electron chi connectivity index (χ3n) is 4.63. The zero-order valence-corrected chi connectivity index (χ0v) is 15.3. The Morgan fingerprint density at radius 3 is 2.36 bits per heavy atom. The van der Waals surface area contributed by atoms with Gasteiger partial charge in [-0.15, -0.1) is 0 Å². The van der Waals surface area contributed by atoms with Gasteiger partial charge in [-0.2, -0.15) is 0 Å². The molecule has 0 spiro atoms. The minimum absolute atomic E-state index is 0.0123. The van der Waals surface area contributed by atoms with Crippen LogP contribution in [0.4, 0.5) is 0 Å². The monoisotopic (exact) mass is 345 g/mol. The highest BCUT2D eigenvalue weighted by atomic mass is 16.2. The Morgan fingerprint density at radius 1 is 1.04 bits per heavy atom. The van der Waals surface area contributed by atoms with E-state index < -0.39 is 0 Å². The first-order valence-corrected chi connectivity index (χ1v) is 8.72. The Balaban J connectivity index is 1.80. The standard InChI is InChI=1S/C19H27N3O3/c1-14-4-5-15(2)16(12-14)17(23)6-7-19(25)22-10-8-21(9-11-22)13-18(24)20-3/h4-5,12H,6-11,13H2,1-3H3,(H,20,24). The Kier molecular flexibility index (Phi) is 6.70. The first-order valence-electron chi connectivity index (χ1n) is 8.72. The summed E-state index contributed by atoms with van der Waals surface area (Å²) in [4.78, 5) is 39.9. The van der Waals surface area contributed by atoms with Gasteiger partial charge in [-0.1, -0.05) is 17.7 Å². The lowest BCUT2D eigenvalue weighted by molar-refractivity contribution is -0.133. The number of carbonyl (C=O) groups is 3. The largest absolute Gasteiger partial charge is 0.358 e. The van der Waals surface area contributed by atoms with E-state index in [2.05, 4.69) is 5.32 Å². The average molecular weight is 345 g/mol. The maximum Gasteiger partial charge on any atom is 0.233 e. The molecule has 0 atom stereocenters.